The number of fused-ring (bicyclic) bond motifs is 4. The van der Waals surface area contributed by atoms with E-state index in [9.17, 15) is 4.79 Å². The number of ether oxygens (including phenoxy) is 1. The molecule has 0 aromatic heterocycles. The van der Waals surface area contributed by atoms with Gasteiger partial charge >= 0.3 is 0 Å². The van der Waals surface area contributed by atoms with Crippen LogP contribution in [0.4, 0.5) is 5.69 Å². The molecule has 0 spiro atoms. The molecule has 0 fully saturated rings. The molecule has 0 saturated carbocycles. The maximum atomic E-state index is 13.0. The first-order valence-corrected chi connectivity index (χ1v) is 9.45. The number of methoxy groups -OCH3 is 1. The van der Waals surface area contributed by atoms with E-state index in [1.54, 1.807) is 7.11 Å². The molecule has 5 rings (SSSR count). The number of carbonyl (C=O) groups excluding carboxylic acids is 1. The minimum absolute atomic E-state index is 0.104. The highest BCUT2D eigenvalue weighted by Crippen LogP contribution is 2.47. The van der Waals surface area contributed by atoms with E-state index in [0.29, 0.717) is 6.42 Å². The maximum Gasteiger partial charge on any atom is 0.161 e. The normalized spacial score (nSPS) is 18.7. The van der Waals surface area contributed by atoms with Crippen molar-refractivity contribution in [2.45, 2.75) is 25.3 Å². The van der Waals surface area contributed by atoms with Gasteiger partial charge in [0.15, 0.2) is 5.78 Å². The van der Waals surface area contributed by atoms with Gasteiger partial charge in [-0.3, -0.25) is 4.79 Å². The molecule has 27 heavy (non-hydrogen) atoms. The number of rotatable bonds is 2. The molecule has 134 valence electrons. The molecule has 3 nitrogen and oxygen atoms in total. The Morgan fingerprint density at radius 2 is 1.78 bits per heavy atom. The second kappa shape index (κ2) is 6.27. The molecule has 2 aliphatic rings. The summed E-state index contributed by atoms with van der Waals surface area (Å²) in [4.78, 5) is 13.0. The van der Waals surface area contributed by atoms with Gasteiger partial charge in [-0.1, -0.05) is 42.5 Å². The fraction of sp³-hybridized carbons (Fsp3) is 0.208. The summed E-state index contributed by atoms with van der Waals surface area (Å²) in [6.45, 7) is 0. The van der Waals surface area contributed by atoms with Crippen LogP contribution in [0.15, 0.2) is 66.2 Å². The first-order valence-electron chi connectivity index (χ1n) is 9.45. The van der Waals surface area contributed by atoms with Gasteiger partial charge in [0.25, 0.3) is 0 Å². The average Bonchev–Trinajstić information content (AvgIpc) is 2.73. The van der Waals surface area contributed by atoms with E-state index in [0.717, 1.165) is 35.4 Å². The van der Waals surface area contributed by atoms with E-state index in [1.165, 1.54) is 21.9 Å². The molecule has 0 amide bonds. The number of anilines is 1. The Bertz CT molecular complexity index is 1080. The average molecular weight is 355 g/mol. The van der Waals surface area contributed by atoms with E-state index < -0.39 is 0 Å². The Balaban J connectivity index is 1.73. The van der Waals surface area contributed by atoms with Crippen molar-refractivity contribution < 1.29 is 9.53 Å². The number of benzene rings is 3. The monoisotopic (exact) mass is 355 g/mol. The molecule has 0 bridgehead atoms. The predicted octanol–water partition coefficient (Wildman–Crippen LogP) is 5.52. The van der Waals surface area contributed by atoms with Crippen LogP contribution in [-0.4, -0.2) is 12.9 Å². The molecular weight excluding hydrogens is 334 g/mol. The van der Waals surface area contributed by atoms with Crippen molar-refractivity contribution in [1.82, 2.24) is 0 Å². The SMILES string of the molecule is COc1ccc(C2Nc3ccc4ccccc4c3C3=C2C(=O)CCC3)cc1. The number of ketones is 1. The molecule has 1 aliphatic heterocycles. The lowest BCUT2D eigenvalue weighted by Gasteiger charge is -2.35. The van der Waals surface area contributed by atoms with Crippen LogP contribution in [0.3, 0.4) is 0 Å². The van der Waals surface area contributed by atoms with Crippen LogP contribution in [0.2, 0.25) is 0 Å². The zero-order valence-corrected chi connectivity index (χ0v) is 15.3. The van der Waals surface area contributed by atoms with Gasteiger partial charge in [-0.25, -0.2) is 0 Å². The third-order valence-electron chi connectivity index (χ3n) is 5.72. The largest absolute Gasteiger partial charge is 0.497 e. The number of hydrogen-bond donors (Lipinski definition) is 1. The van der Waals surface area contributed by atoms with E-state index in [-0.39, 0.29) is 11.8 Å². The van der Waals surface area contributed by atoms with E-state index in [1.807, 2.05) is 12.1 Å². The van der Waals surface area contributed by atoms with Gasteiger partial charge < -0.3 is 10.1 Å². The summed E-state index contributed by atoms with van der Waals surface area (Å²) in [7, 11) is 1.67. The molecule has 1 aliphatic carbocycles. The van der Waals surface area contributed by atoms with Crippen LogP contribution < -0.4 is 10.1 Å². The van der Waals surface area contributed by atoms with Crippen molar-refractivity contribution in [3.63, 3.8) is 0 Å². The van der Waals surface area contributed by atoms with Crippen LogP contribution in [0.25, 0.3) is 16.3 Å². The summed E-state index contributed by atoms with van der Waals surface area (Å²) in [6.07, 6.45) is 2.51. The van der Waals surface area contributed by atoms with Crippen molar-refractivity contribution in [3.8, 4) is 5.75 Å². The zero-order chi connectivity index (χ0) is 18.4. The standard InChI is InChI=1S/C24H21NO2/c1-27-17-12-9-16(10-13-17)24-23-19(7-4-8-21(23)26)22-18-6-3-2-5-15(18)11-14-20(22)25-24/h2-3,5-6,9-14,24-25H,4,7-8H2,1H3. The quantitative estimate of drug-likeness (QED) is 0.657. The highest BCUT2D eigenvalue weighted by Gasteiger charge is 2.34. The summed E-state index contributed by atoms with van der Waals surface area (Å²) in [6, 6.07) is 20.6. The van der Waals surface area contributed by atoms with Gasteiger partial charge in [0.1, 0.15) is 5.75 Å². The van der Waals surface area contributed by atoms with Crippen LogP contribution in [0, 0.1) is 0 Å². The third kappa shape index (κ3) is 2.54. The lowest BCUT2D eigenvalue weighted by Crippen LogP contribution is -2.27. The third-order valence-corrected chi connectivity index (χ3v) is 5.72. The van der Waals surface area contributed by atoms with Crippen molar-refractivity contribution in [2.75, 3.05) is 12.4 Å². The van der Waals surface area contributed by atoms with Crippen molar-refractivity contribution >= 4 is 27.8 Å². The molecule has 1 atom stereocenters. The Morgan fingerprint density at radius 1 is 0.963 bits per heavy atom. The lowest BCUT2D eigenvalue weighted by atomic mass is 9.77. The van der Waals surface area contributed by atoms with Gasteiger partial charge in [0, 0.05) is 23.2 Å². The highest BCUT2D eigenvalue weighted by molar-refractivity contribution is 6.12. The fourth-order valence-electron chi connectivity index (χ4n) is 4.45. The molecular formula is C24H21NO2. The molecule has 1 N–H and O–H groups in total. The molecule has 0 radical (unpaired) electrons. The highest BCUT2D eigenvalue weighted by atomic mass is 16.5. The van der Waals surface area contributed by atoms with Crippen LogP contribution >= 0.6 is 0 Å². The maximum absolute atomic E-state index is 13.0. The number of carbonyl (C=O) groups is 1. The van der Waals surface area contributed by atoms with Crippen molar-refractivity contribution in [3.05, 3.63) is 77.4 Å². The molecule has 0 saturated heterocycles. The Kier molecular flexibility index (Phi) is 3.75. The number of nitrogens with one attached hydrogen (secondary N) is 1. The smallest absolute Gasteiger partial charge is 0.161 e. The van der Waals surface area contributed by atoms with Crippen LogP contribution in [0.5, 0.6) is 5.75 Å². The first-order chi connectivity index (χ1) is 13.3. The van der Waals surface area contributed by atoms with Crippen molar-refractivity contribution in [2.24, 2.45) is 0 Å². The first kappa shape index (κ1) is 16.1. The molecule has 1 unspecified atom stereocenters. The zero-order valence-electron chi connectivity index (χ0n) is 15.3. The van der Waals surface area contributed by atoms with E-state index >= 15 is 0 Å². The van der Waals surface area contributed by atoms with Gasteiger partial charge in [-0.2, -0.15) is 0 Å². The predicted molar refractivity (Wildman–Crippen MR) is 109 cm³/mol. The summed E-state index contributed by atoms with van der Waals surface area (Å²) >= 11 is 0. The number of Topliss-reactive ketones (excluding diaryl/α,β-unsaturated/α-hetero) is 1. The van der Waals surface area contributed by atoms with Gasteiger partial charge in [0.2, 0.25) is 0 Å². The lowest BCUT2D eigenvalue weighted by molar-refractivity contribution is -0.116. The molecule has 1 heterocycles. The van der Waals surface area contributed by atoms with Crippen molar-refractivity contribution in [1.29, 1.82) is 0 Å². The second-order valence-electron chi connectivity index (χ2n) is 7.23. The minimum atomic E-state index is -0.104. The van der Waals surface area contributed by atoms with Gasteiger partial charge in [-0.15, -0.1) is 0 Å². The summed E-state index contributed by atoms with van der Waals surface area (Å²) in [5.41, 5.74) is 5.58. The summed E-state index contributed by atoms with van der Waals surface area (Å²) in [5, 5.41) is 6.09. The fourth-order valence-corrected chi connectivity index (χ4v) is 4.45. The summed E-state index contributed by atoms with van der Waals surface area (Å²) in [5.74, 6) is 1.09. The topological polar surface area (TPSA) is 38.3 Å². The Labute approximate surface area is 158 Å². The second-order valence-corrected chi connectivity index (χ2v) is 7.23. The Hall–Kier alpha value is -3.07. The molecule has 3 heteroatoms. The van der Waals surface area contributed by atoms with Crippen LogP contribution in [-0.2, 0) is 4.79 Å². The van der Waals surface area contributed by atoms with Crippen LogP contribution in [0.1, 0.15) is 36.4 Å². The van der Waals surface area contributed by atoms with Gasteiger partial charge in [0.05, 0.1) is 13.2 Å². The number of allylic oxidation sites excluding steroid dienone is 1. The molecule has 3 aromatic rings. The summed E-state index contributed by atoms with van der Waals surface area (Å²) < 4.78 is 5.29. The minimum Gasteiger partial charge on any atom is -0.497 e. The van der Waals surface area contributed by atoms with E-state index in [2.05, 4.69) is 53.8 Å². The van der Waals surface area contributed by atoms with Gasteiger partial charge in [-0.05, 0) is 52.9 Å². The van der Waals surface area contributed by atoms with E-state index in [4.69, 9.17) is 4.74 Å². The molecule has 3 aromatic carbocycles. The Morgan fingerprint density at radius 3 is 2.59 bits per heavy atom. The number of hydrogen-bond acceptors (Lipinski definition) is 3.